The predicted molar refractivity (Wildman–Crippen MR) is 252 cm³/mol. The molecule has 0 N–H and O–H groups in total. The lowest BCUT2D eigenvalue weighted by Crippen LogP contribution is -2.30. The van der Waals surface area contributed by atoms with Crippen LogP contribution in [0.15, 0.2) is 48.6 Å². The lowest BCUT2D eigenvalue weighted by atomic mass is 10.0. The van der Waals surface area contributed by atoms with Gasteiger partial charge in [0.05, 0.1) is 0 Å². The maximum atomic E-state index is 12.8. The van der Waals surface area contributed by atoms with Crippen molar-refractivity contribution >= 4 is 17.9 Å². The minimum absolute atomic E-state index is 0.0811. The summed E-state index contributed by atoms with van der Waals surface area (Å²) in [5, 5.41) is 0. The van der Waals surface area contributed by atoms with Gasteiger partial charge in [0, 0.05) is 19.3 Å². The molecule has 0 fully saturated rings. The molecule has 0 aliphatic carbocycles. The van der Waals surface area contributed by atoms with Crippen molar-refractivity contribution in [1.82, 2.24) is 0 Å². The highest BCUT2D eigenvalue weighted by molar-refractivity contribution is 5.71. The highest BCUT2D eigenvalue weighted by atomic mass is 16.6. The zero-order chi connectivity index (χ0) is 43.0. The van der Waals surface area contributed by atoms with Gasteiger partial charge in [0.2, 0.25) is 0 Å². The Morgan fingerprint density at radius 2 is 0.661 bits per heavy atom. The van der Waals surface area contributed by atoms with Crippen LogP contribution in [0.1, 0.15) is 252 Å². The summed E-state index contributed by atoms with van der Waals surface area (Å²) < 4.78 is 16.8. The molecular weight excluding hydrogens is 733 g/mol. The largest absolute Gasteiger partial charge is 0.462 e. The third-order valence-corrected chi connectivity index (χ3v) is 10.8. The standard InChI is InChI=1S/C53H94O6/c1-4-7-10-13-16-19-22-25-26-29-31-34-37-40-43-46-52(55)58-49-50(59-53(56)47-44-41-38-35-32-28-24-21-18-15-12-9-6-3)48-57-51(54)45-42-39-36-33-30-27-23-20-17-14-11-8-5-2/h7,10,16,19-20,23,25-26,50H,4-6,8-9,11-15,17-18,21-22,24,27-49H2,1-3H3/b10-7-,19-16-,23-20-,26-25-/t50-/m0/s1. The van der Waals surface area contributed by atoms with Gasteiger partial charge in [-0.05, 0) is 77.0 Å². The quantitative estimate of drug-likeness (QED) is 0.0263. The zero-order valence-electron chi connectivity index (χ0n) is 39.0. The molecule has 1 atom stereocenters. The summed E-state index contributed by atoms with van der Waals surface area (Å²) in [6.45, 7) is 6.50. The van der Waals surface area contributed by atoms with E-state index in [0.29, 0.717) is 19.3 Å². The fraction of sp³-hybridized carbons (Fsp3) is 0.792. The Kier molecular flexibility index (Phi) is 45.9. The molecule has 0 unspecified atom stereocenters. The Balaban J connectivity index is 4.40. The third-order valence-electron chi connectivity index (χ3n) is 10.8. The molecule has 0 aromatic heterocycles. The average molecular weight is 827 g/mol. The van der Waals surface area contributed by atoms with E-state index in [9.17, 15) is 14.4 Å². The first kappa shape index (κ1) is 56.4. The van der Waals surface area contributed by atoms with Crippen LogP contribution in [0.4, 0.5) is 0 Å². The summed E-state index contributed by atoms with van der Waals surface area (Å²) in [4.78, 5) is 37.9. The number of carbonyl (C=O) groups excluding carboxylic acids is 3. The van der Waals surface area contributed by atoms with Gasteiger partial charge in [-0.25, -0.2) is 0 Å². The molecular formula is C53H94O6. The first-order valence-electron chi connectivity index (χ1n) is 25.1. The summed E-state index contributed by atoms with van der Waals surface area (Å²) in [5.74, 6) is -0.900. The minimum atomic E-state index is -0.779. The molecule has 0 heterocycles. The van der Waals surface area contributed by atoms with Gasteiger partial charge in [0.25, 0.3) is 0 Å². The first-order valence-corrected chi connectivity index (χ1v) is 25.1. The SMILES string of the molecule is CC/C=C\C/C=C\C/C=C\CCCCCCCC(=O)OC[C@H](COC(=O)CCCCCCC/C=C\CCCCCC)OC(=O)CCCCCCCCCCCCCCC. The van der Waals surface area contributed by atoms with Gasteiger partial charge in [0.1, 0.15) is 13.2 Å². The van der Waals surface area contributed by atoms with E-state index in [-0.39, 0.29) is 31.1 Å². The van der Waals surface area contributed by atoms with Gasteiger partial charge in [-0.2, -0.15) is 0 Å². The van der Waals surface area contributed by atoms with E-state index >= 15 is 0 Å². The van der Waals surface area contributed by atoms with E-state index in [4.69, 9.17) is 14.2 Å². The lowest BCUT2D eigenvalue weighted by molar-refractivity contribution is -0.167. The molecule has 0 saturated carbocycles. The van der Waals surface area contributed by atoms with Crippen LogP contribution in [-0.4, -0.2) is 37.2 Å². The highest BCUT2D eigenvalue weighted by Crippen LogP contribution is 2.15. The Morgan fingerprint density at radius 3 is 1.07 bits per heavy atom. The normalized spacial score (nSPS) is 12.4. The molecule has 342 valence electrons. The Bertz CT molecular complexity index is 1040. The monoisotopic (exact) mass is 827 g/mol. The van der Waals surface area contributed by atoms with E-state index in [1.54, 1.807) is 0 Å². The van der Waals surface area contributed by atoms with Crippen molar-refractivity contribution in [3.05, 3.63) is 48.6 Å². The molecule has 0 rings (SSSR count). The molecule has 0 saturated heterocycles. The molecule has 0 radical (unpaired) electrons. The molecule has 6 heteroatoms. The smallest absolute Gasteiger partial charge is 0.306 e. The Labute approximate surface area is 365 Å². The van der Waals surface area contributed by atoms with E-state index in [1.165, 1.54) is 109 Å². The lowest BCUT2D eigenvalue weighted by Gasteiger charge is -2.18. The Morgan fingerprint density at radius 1 is 0.356 bits per heavy atom. The number of unbranched alkanes of at least 4 members (excludes halogenated alkanes) is 26. The number of esters is 3. The number of rotatable bonds is 45. The minimum Gasteiger partial charge on any atom is -0.462 e. The molecule has 0 bridgehead atoms. The second kappa shape index (κ2) is 48.0. The fourth-order valence-electron chi connectivity index (χ4n) is 7.04. The van der Waals surface area contributed by atoms with Gasteiger partial charge < -0.3 is 14.2 Å². The summed E-state index contributed by atoms with van der Waals surface area (Å²) in [6, 6.07) is 0. The second-order valence-electron chi connectivity index (χ2n) is 16.7. The van der Waals surface area contributed by atoms with Crippen molar-refractivity contribution in [3.63, 3.8) is 0 Å². The number of ether oxygens (including phenoxy) is 3. The first-order chi connectivity index (χ1) is 29.0. The average Bonchev–Trinajstić information content (AvgIpc) is 3.23. The molecule has 0 amide bonds. The number of carbonyl (C=O) groups is 3. The van der Waals surface area contributed by atoms with Crippen LogP contribution in [0.25, 0.3) is 0 Å². The van der Waals surface area contributed by atoms with Crippen LogP contribution in [0.5, 0.6) is 0 Å². The van der Waals surface area contributed by atoms with Crippen LogP contribution < -0.4 is 0 Å². The van der Waals surface area contributed by atoms with Crippen molar-refractivity contribution in [1.29, 1.82) is 0 Å². The molecule has 0 aromatic rings. The van der Waals surface area contributed by atoms with Crippen molar-refractivity contribution in [2.24, 2.45) is 0 Å². The van der Waals surface area contributed by atoms with Crippen LogP contribution in [0, 0.1) is 0 Å². The topological polar surface area (TPSA) is 78.9 Å². The van der Waals surface area contributed by atoms with Crippen LogP contribution in [-0.2, 0) is 28.6 Å². The maximum Gasteiger partial charge on any atom is 0.306 e. The molecule has 59 heavy (non-hydrogen) atoms. The van der Waals surface area contributed by atoms with Crippen LogP contribution in [0.3, 0.4) is 0 Å². The molecule has 0 aliphatic heterocycles. The fourth-order valence-corrected chi connectivity index (χ4v) is 7.04. The van der Waals surface area contributed by atoms with Crippen LogP contribution >= 0.6 is 0 Å². The summed E-state index contributed by atoms with van der Waals surface area (Å²) in [6.07, 6.45) is 56.6. The van der Waals surface area contributed by atoms with E-state index < -0.39 is 6.10 Å². The van der Waals surface area contributed by atoms with Gasteiger partial charge in [0.15, 0.2) is 6.10 Å². The summed E-state index contributed by atoms with van der Waals surface area (Å²) in [7, 11) is 0. The maximum absolute atomic E-state index is 12.8. The van der Waals surface area contributed by atoms with Gasteiger partial charge in [-0.3, -0.25) is 14.4 Å². The Hall–Kier alpha value is -2.63. The molecule has 0 aromatic carbocycles. The van der Waals surface area contributed by atoms with E-state index in [1.807, 2.05) is 0 Å². The second-order valence-corrected chi connectivity index (χ2v) is 16.7. The van der Waals surface area contributed by atoms with Gasteiger partial charge >= 0.3 is 17.9 Å². The molecule has 0 spiro atoms. The number of allylic oxidation sites excluding steroid dienone is 8. The van der Waals surface area contributed by atoms with Crippen molar-refractivity contribution in [2.45, 2.75) is 258 Å². The van der Waals surface area contributed by atoms with E-state index in [0.717, 1.165) is 103 Å². The zero-order valence-corrected chi connectivity index (χ0v) is 39.0. The van der Waals surface area contributed by atoms with Gasteiger partial charge in [-0.1, -0.05) is 204 Å². The van der Waals surface area contributed by atoms with Crippen molar-refractivity contribution in [2.75, 3.05) is 13.2 Å². The predicted octanol–water partition coefficient (Wildman–Crippen LogP) is 16.3. The van der Waals surface area contributed by atoms with Crippen molar-refractivity contribution in [3.8, 4) is 0 Å². The highest BCUT2D eigenvalue weighted by Gasteiger charge is 2.19. The summed E-state index contributed by atoms with van der Waals surface area (Å²) in [5.41, 5.74) is 0. The summed E-state index contributed by atoms with van der Waals surface area (Å²) >= 11 is 0. The van der Waals surface area contributed by atoms with E-state index in [2.05, 4.69) is 69.4 Å². The van der Waals surface area contributed by atoms with Gasteiger partial charge in [-0.15, -0.1) is 0 Å². The molecule has 6 nitrogen and oxygen atoms in total. The van der Waals surface area contributed by atoms with Crippen LogP contribution in [0.2, 0.25) is 0 Å². The molecule has 0 aliphatic rings. The number of hydrogen-bond acceptors (Lipinski definition) is 6. The number of hydrogen-bond donors (Lipinski definition) is 0. The van der Waals surface area contributed by atoms with Crippen molar-refractivity contribution < 1.29 is 28.6 Å². The third kappa shape index (κ3) is 46.3.